The van der Waals surface area contributed by atoms with Crippen molar-refractivity contribution in [3.05, 3.63) is 98.8 Å². The molecule has 0 unspecified atom stereocenters. The second-order valence-electron chi connectivity index (χ2n) is 6.70. The molecule has 3 aromatic rings. The number of carboxylic acids is 1. The van der Waals surface area contributed by atoms with Crippen molar-refractivity contribution in [1.82, 2.24) is 0 Å². The first-order valence-electron chi connectivity index (χ1n) is 9.40. The zero-order valence-electron chi connectivity index (χ0n) is 16.8. The van der Waals surface area contributed by atoms with Gasteiger partial charge in [0.1, 0.15) is 24.1 Å². The Bertz CT molecular complexity index is 1280. The minimum Gasteiger partial charge on any atom is -0.486 e. The summed E-state index contributed by atoms with van der Waals surface area (Å²) in [6, 6.07) is 16.4. The van der Waals surface area contributed by atoms with Crippen LogP contribution >= 0.6 is 23.2 Å². The van der Waals surface area contributed by atoms with Crippen molar-refractivity contribution in [1.29, 1.82) is 5.26 Å². The molecule has 0 aliphatic rings. The van der Waals surface area contributed by atoms with Crippen LogP contribution in [0.5, 0.6) is 5.75 Å². The van der Waals surface area contributed by atoms with E-state index >= 15 is 0 Å². The number of nitrogens with one attached hydrogen (secondary N) is 1. The van der Waals surface area contributed by atoms with Gasteiger partial charge in [0.15, 0.2) is 5.75 Å². The van der Waals surface area contributed by atoms with Crippen LogP contribution in [0.3, 0.4) is 0 Å². The number of nitriles is 1. The highest BCUT2D eigenvalue weighted by Crippen LogP contribution is 2.35. The topological polar surface area (TPSA) is 99.4 Å². The molecule has 6 nitrogen and oxygen atoms in total. The van der Waals surface area contributed by atoms with Gasteiger partial charge < -0.3 is 15.2 Å². The van der Waals surface area contributed by atoms with Crippen molar-refractivity contribution in [3.8, 4) is 11.8 Å². The number of halogens is 3. The Balaban J connectivity index is 1.79. The molecule has 0 aliphatic carbocycles. The van der Waals surface area contributed by atoms with E-state index in [1.54, 1.807) is 24.3 Å². The molecule has 9 heteroatoms. The molecule has 0 radical (unpaired) electrons. The predicted molar refractivity (Wildman–Crippen MR) is 123 cm³/mol. The van der Waals surface area contributed by atoms with Gasteiger partial charge >= 0.3 is 5.97 Å². The van der Waals surface area contributed by atoms with E-state index in [0.29, 0.717) is 11.1 Å². The molecule has 1 amide bonds. The van der Waals surface area contributed by atoms with E-state index in [4.69, 9.17) is 33.0 Å². The number of carboxylic acid groups (broad SMARTS) is 1. The van der Waals surface area contributed by atoms with Gasteiger partial charge in [0, 0.05) is 11.3 Å². The Kier molecular flexibility index (Phi) is 7.67. The molecule has 0 saturated heterocycles. The summed E-state index contributed by atoms with van der Waals surface area (Å²) in [5.74, 6) is -2.19. The number of benzene rings is 3. The van der Waals surface area contributed by atoms with Crippen LogP contribution in [0, 0.1) is 17.1 Å². The van der Waals surface area contributed by atoms with Crippen molar-refractivity contribution >= 4 is 46.8 Å². The van der Waals surface area contributed by atoms with Crippen molar-refractivity contribution < 1.29 is 23.8 Å². The van der Waals surface area contributed by atoms with Crippen molar-refractivity contribution in [2.75, 3.05) is 5.32 Å². The lowest BCUT2D eigenvalue weighted by molar-refractivity contribution is -0.112. The average Bonchev–Trinajstić information content (AvgIpc) is 2.78. The number of nitrogens with zero attached hydrogens (tertiary/aromatic N) is 1. The summed E-state index contributed by atoms with van der Waals surface area (Å²) >= 11 is 12.5. The highest BCUT2D eigenvalue weighted by molar-refractivity contribution is 6.37. The van der Waals surface area contributed by atoms with Gasteiger partial charge in [0.05, 0.1) is 15.6 Å². The monoisotopic (exact) mass is 484 g/mol. The fourth-order valence-electron chi connectivity index (χ4n) is 2.81. The van der Waals surface area contributed by atoms with Gasteiger partial charge in [-0.05, 0) is 48.0 Å². The molecular formula is C24H15Cl2FN2O4. The molecule has 0 fully saturated rings. The molecular weight excluding hydrogens is 470 g/mol. The molecule has 0 aromatic heterocycles. The summed E-state index contributed by atoms with van der Waals surface area (Å²) in [6.45, 7) is -0.0947. The standard InChI is InChI=1S/C24H15Cl2FN2O4/c25-19-9-14(10-20(26)22(19)33-13-16-4-1-2-7-21(16)27)8-17(12-28)23(30)29-18-6-3-5-15(11-18)24(31)32/h1-11H,13H2,(H,29,30)(H,31,32)/b17-8-. The first-order valence-corrected chi connectivity index (χ1v) is 10.2. The second-order valence-corrected chi connectivity index (χ2v) is 7.52. The maximum atomic E-state index is 13.8. The molecule has 2 N–H and O–H groups in total. The van der Waals surface area contributed by atoms with Crippen molar-refractivity contribution in [2.45, 2.75) is 6.61 Å². The zero-order valence-corrected chi connectivity index (χ0v) is 18.3. The summed E-state index contributed by atoms with van der Waals surface area (Å²) in [4.78, 5) is 23.6. The highest BCUT2D eigenvalue weighted by atomic mass is 35.5. The van der Waals surface area contributed by atoms with Crippen LogP contribution in [0.15, 0.2) is 66.2 Å². The third-order valence-electron chi connectivity index (χ3n) is 4.39. The molecule has 0 atom stereocenters. The molecule has 0 saturated carbocycles. The van der Waals surface area contributed by atoms with Crippen LogP contribution < -0.4 is 10.1 Å². The SMILES string of the molecule is N#C/C(=C/c1cc(Cl)c(OCc2ccccc2F)c(Cl)c1)C(=O)Nc1cccc(C(=O)O)c1. The number of hydrogen-bond acceptors (Lipinski definition) is 4. The second kappa shape index (κ2) is 10.6. The van der Waals surface area contributed by atoms with E-state index in [0.717, 1.165) is 0 Å². The number of carbonyl (C=O) groups is 2. The summed E-state index contributed by atoms with van der Waals surface area (Å²) in [7, 11) is 0. The Morgan fingerprint density at radius 3 is 2.42 bits per heavy atom. The Morgan fingerprint density at radius 2 is 1.79 bits per heavy atom. The van der Waals surface area contributed by atoms with Crippen LogP contribution in [0.2, 0.25) is 10.0 Å². The maximum Gasteiger partial charge on any atom is 0.335 e. The quantitative estimate of drug-likeness (QED) is 0.318. The summed E-state index contributed by atoms with van der Waals surface area (Å²) in [5.41, 5.74) is 0.620. The molecule has 3 aromatic carbocycles. The fourth-order valence-corrected chi connectivity index (χ4v) is 3.42. The van der Waals surface area contributed by atoms with Gasteiger partial charge in [-0.15, -0.1) is 0 Å². The first kappa shape index (κ1) is 23.8. The number of amides is 1. The number of aromatic carboxylic acids is 1. The normalized spacial score (nSPS) is 10.9. The van der Waals surface area contributed by atoms with Crippen LogP contribution in [0.1, 0.15) is 21.5 Å². The molecule has 166 valence electrons. The fraction of sp³-hybridized carbons (Fsp3) is 0.0417. The third kappa shape index (κ3) is 6.10. The number of rotatable bonds is 7. The molecule has 0 spiro atoms. The predicted octanol–water partition coefficient (Wildman–Crippen LogP) is 5.96. The largest absolute Gasteiger partial charge is 0.486 e. The maximum absolute atomic E-state index is 13.8. The average molecular weight is 485 g/mol. The van der Waals surface area contributed by atoms with Gasteiger partial charge in [-0.3, -0.25) is 4.79 Å². The minimum atomic E-state index is -1.15. The van der Waals surface area contributed by atoms with Crippen molar-refractivity contribution in [3.63, 3.8) is 0 Å². The van der Waals surface area contributed by atoms with Gasteiger partial charge in [-0.25, -0.2) is 9.18 Å². The van der Waals surface area contributed by atoms with Gasteiger partial charge in [0.2, 0.25) is 0 Å². The molecule has 0 heterocycles. The van der Waals surface area contributed by atoms with Crippen LogP contribution in [0.25, 0.3) is 6.08 Å². The van der Waals surface area contributed by atoms with Gasteiger partial charge in [-0.2, -0.15) is 5.26 Å². The van der Waals surface area contributed by atoms with Crippen LogP contribution in [-0.4, -0.2) is 17.0 Å². The molecule has 3 rings (SSSR count). The Morgan fingerprint density at radius 1 is 1.09 bits per heavy atom. The van der Waals surface area contributed by atoms with Crippen molar-refractivity contribution in [2.24, 2.45) is 0 Å². The third-order valence-corrected chi connectivity index (χ3v) is 4.96. The summed E-state index contributed by atoms with van der Waals surface area (Å²) in [6.07, 6.45) is 1.27. The summed E-state index contributed by atoms with van der Waals surface area (Å²) < 4.78 is 19.3. The highest BCUT2D eigenvalue weighted by Gasteiger charge is 2.14. The minimum absolute atomic E-state index is 0.0141. The molecule has 0 aliphatic heterocycles. The number of carbonyl (C=O) groups excluding carboxylic acids is 1. The first-order chi connectivity index (χ1) is 15.8. The Hall–Kier alpha value is -3.86. The van der Waals surface area contributed by atoms with Crippen LogP contribution in [0.4, 0.5) is 10.1 Å². The lowest BCUT2D eigenvalue weighted by Gasteiger charge is -2.12. The molecule has 33 heavy (non-hydrogen) atoms. The molecule has 0 bridgehead atoms. The lowest BCUT2D eigenvalue weighted by atomic mass is 10.1. The van der Waals surface area contributed by atoms with E-state index in [1.165, 1.54) is 48.5 Å². The van der Waals surface area contributed by atoms with E-state index in [-0.39, 0.29) is 39.2 Å². The number of anilines is 1. The van der Waals surface area contributed by atoms with E-state index in [2.05, 4.69) is 5.32 Å². The summed E-state index contributed by atoms with van der Waals surface area (Å²) in [5, 5.41) is 21.2. The Labute approximate surface area is 198 Å². The number of hydrogen-bond donors (Lipinski definition) is 2. The number of ether oxygens (including phenoxy) is 1. The van der Waals surface area contributed by atoms with Crippen LogP contribution in [-0.2, 0) is 11.4 Å². The van der Waals surface area contributed by atoms with E-state index in [1.807, 2.05) is 0 Å². The van der Waals surface area contributed by atoms with E-state index in [9.17, 15) is 19.2 Å². The smallest absolute Gasteiger partial charge is 0.335 e. The zero-order chi connectivity index (χ0) is 24.0. The van der Waals surface area contributed by atoms with Gasteiger partial charge in [0.25, 0.3) is 5.91 Å². The van der Waals surface area contributed by atoms with E-state index < -0.39 is 17.7 Å². The van der Waals surface area contributed by atoms with Gasteiger partial charge in [-0.1, -0.05) is 47.5 Å². The lowest BCUT2D eigenvalue weighted by Crippen LogP contribution is -2.14.